The summed E-state index contributed by atoms with van der Waals surface area (Å²) >= 11 is 0. The Hall–Kier alpha value is -1.79. The molecule has 0 aromatic rings. The second kappa shape index (κ2) is 39.6. The molecule has 0 spiro atoms. The lowest BCUT2D eigenvalue weighted by Gasteiger charge is -2.63. The van der Waals surface area contributed by atoms with Crippen molar-refractivity contribution in [1.29, 1.82) is 0 Å². The van der Waals surface area contributed by atoms with Crippen molar-refractivity contribution in [2.75, 3.05) is 53.2 Å². The van der Waals surface area contributed by atoms with Crippen LogP contribution in [0.25, 0.3) is 0 Å². The second-order valence-corrected chi connectivity index (χ2v) is 31.6. The molecule has 0 bridgehead atoms. The Morgan fingerprint density at radius 2 is 1.27 bits per heavy atom. The van der Waals surface area contributed by atoms with Crippen molar-refractivity contribution < 1.29 is 70.0 Å². The van der Waals surface area contributed by atoms with Gasteiger partial charge in [0.1, 0.15) is 13.2 Å². The standard InChI is InChI=1S/C68H125N2O14PS/c1-9-11-13-15-17-19-21-23-24-26-28-30-32-34-36-38-64(75)83-61(66(84-85(76,77)82-47-46-70(6,7)8)59(71)37-35-33-31-29-27-25-22-20-18-16-14-12-10-2)52-81-55-43-44-67(4)54(49-55)50-60(72)65-57-41-40-56(68(57,5)62(73)51-58(65)67)53(3)39-42-63(74)69-45-48-86(78,79)80/h23-24,53-58,60-62,65-66,72-73H,9-22,25-52H2,1-8H3,(H2-,69,74,76,77,78,79,80)/p+1/b24-23-/t53-,54?,55-,56-,57?,58?,60?,61+,62+,65?,66?,67+,68-/m1/s1. The van der Waals surface area contributed by atoms with Gasteiger partial charge in [0.2, 0.25) is 5.91 Å². The zero-order chi connectivity index (χ0) is 63.2. The molecule has 4 aliphatic rings. The lowest BCUT2D eigenvalue weighted by Crippen LogP contribution is -2.62. The van der Waals surface area contributed by atoms with Crippen molar-refractivity contribution in [3.05, 3.63) is 12.2 Å². The van der Waals surface area contributed by atoms with Crippen molar-refractivity contribution in [2.45, 2.75) is 303 Å². The fraction of sp³-hybridized carbons (Fsp3) is 0.926. The summed E-state index contributed by atoms with van der Waals surface area (Å²) in [6.07, 6.45) is 35.5. The fourth-order valence-electron chi connectivity index (χ4n) is 15.6. The van der Waals surface area contributed by atoms with E-state index in [0.717, 1.165) is 83.5 Å². The van der Waals surface area contributed by atoms with Crippen LogP contribution in [0.5, 0.6) is 0 Å². The number of ether oxygens (including phenoxy) is 2. The van der Waals surface area contributed by atoms with Gasteiger partial charge in [-0.25, -0.2) is 4.57 Å². The molecule has 18 heteroatoms. The number of amides is 1. The molecule has 5 N–H and O–H groups in total. The summed E-state index contributed by atoms with van der Waals surface area (Å²) in [4.78, 5) is 52.3. The highest BCUT2D eigenvalue weighted by Crippen LogP contribution is 2.68. The Kier molecular flexibility index (Phi) is 35.3. The van der Waals surface area contributed by atoms with E-state index in [1.807, 2.05) is 21.1 Å². The molecule has 1 amide bonds. The maximum Gasteiger partial charge on any atom is 0.473 e. The monoisotopic (exact) mass is 1260 g/mol. The lowest BCUT2D eigenvalue weighted by atomic mass is 9.43. The number of nitrogens with zero attached hydrogens (tertiary/aromatic N) is 1. The van der Waals surface area contributed by atoms with Gasteiger partial charge in [-0.1, -0.05) is 175 Å². The molecule has 4 saturated carbocycles. The fourth-order valence-corrected chi connectivity index (χ4v) is 16.9. The van der Waals surface area contributed by atoms with Crippen LogP contribution in [0.3, 0.4) is 0 Å². The third kappa shape index (κ3) is 27.2. The number of Topliss-reactive ketones (excluding diaryl/α,β-unsaturated/α-hetero) is 1. The first kappa shape index (κ1) is 76.7. The first-order valence-corrected chi connectivity index (χ1v) is 38.0. The minimum atomic E-state index is -4.83. The number of esters is 1. The number of hydrogen-bond donors (Lipinski definition) is 5. The molecule has 0 aromatic heterocycles. The topological polar surface area (TPSA) is 232 Å². The predicted molar refractivity (Wildman–Crippen MR) is 344 cm³/mol. The van der Waals surface area contributed by atoms with Gasteiger partial charge in [0.15, 0.2) is 18.0 Å². The Labute approximate surface area is 522 Å². The van der Waals surface area contributed by atoms with Crippen LogP contribution in [-0.4, -0.2) is 134 Å². The van der Waals surface area contributed by atoms with Crippen molar-refractivity contribution in [3.8, 4) is 0 Å². The Morgan fingerprint density at radius 3 is 1.83 bits per heavy atom. The molecule has 86 heavy (non-hydrogen) atoms. The van der Waals surface area contributed by atoms with Crippen LogP contribution < -0.4 is 5.32 Å². The molecule has 4 rings (SSSR count). The van der Waals surface area contributed by atoms with Gasteiger partial charge in [0.05, 0.1) is 51.8 Å². The molecule has 16 nitrogen and oxygen atoms in total. The summed E-state index contributed by atoms with van der Waals surface area (Å²) in [5.41, 5.74) is -0.658. The minimum absolute atomic E-state index is 0.00825. The van der Waals surface area contributed by atoms with Crippen LogP contribution in [0.2, 0.25) is 0 Å². The molecule has 4 aliphatic carbocycles. The summed E-state index contributed by atoms with van der Waals surface area (Å²) in [5.74, 6) is -1.33. The van der Waals surface area contributed by atoms with Crippen molar-refractivity contribution in [2.24, 2.45) is 46.3 Å². The number of phosphoric acid groups is 1. The number of quaternary nitrogens is 1. The van der Waals surface area contributed by atoms with E-state index >= 15 is 0 Å². The number of allylic oxidation sites excluding steroid dienone is 2. The second-order valence-electron chi connectivity index (χ2n) is 28.6. The summed E-state index contributed by atoms with van der Waals surface area (Å²) < 4.78 is 70.0. The largest absolute Gasteiger partial charge is 0.473 e. The van der Waals surface area contributed by atoms with E-state index in [2.05, 4.69) is 52.1 Å². The molecular formula is C68H126N2O14PS+. The predicted octanol–water partition coefficient (Wildman–Crippen LogP) is 14.6. The van der Waals surface area contributed by atoms with Gasteiger partial charge in [-0.2, -0.15) is 8.42 Å². The van der Waals surface area contributed by atoms with Gasteiger partial charge in [-0.15, -0.1) is 0 Å². The quantitative estimate of drug-likeness (QED) is 0.00953. The van der Waals surface area contributed by atoms with Crippen LogP contribution in [0.1, 0.15) is 272 Å². The summed E-state index contributed by atoms with van der Waals surface area (Å²) in [5, 5.41) is 27.2. The maximum absolute atomic E-state index is 14.5. The minimum Gasteiger partial charge on any atom is -0.457 e. The molecule has 0 aliphatic heterocycles. The molecular weight excluding hydrogens is 1130 g/mol. The number of fused-ring (bicyclic) bond motifs is 5. The molecule has 7 unspecified atom stereocenters. The van der Waals surface area contributed by atoms with Gasteiger partial charge in [-0.3, -0.25) is 28.0 Å². The highest BCUT2D eigenvalue weighted by Gasteiger charge is 2.66. The molecule has 0 saturated heterocycles. The third-order valence-corrected chi connectivity index (χ3v) is 22.6. The number of nitrogens with one attached hydrogen (secondary N) is 1. The van der Waals surface area contributed by atoms with E-state index in [4.69, 9.17) is 23.1 Å². The van der Waals surface area contributed by atoms with Crippen LogP contribution in [0.15, 0.2) is 12.2 Å². The first-order valence-electron chi connectivity index (χ1n) is 34.9. The lowest BCUT2D eigenvalue weighted by molar-refractivity contribution is -0.870. The number of carbonyl (C=O) groups is 3. The van der Waals surface area contributed by atoms with Gasteiger partial charge in [0, 0.05) is 25.8 Å². The molecule has 0 aromatic carbocycles. The van der Waals surface area contributed by atoms with E-state index in [1.54, 1.807) is 0 Å². The number of carbonyl (C=O) groups excluding carboxylic acids is 3. The average Bonchev–Trinajstić information content (AvgIpc) is 1.31. The maximum atomic E-state index is 14.5. The molecule has 4 fully saturated rings. The summed E-state index contributed by atoms with van der Waals surface area (Å²) in [7, 11) is -3.19. The normalized spacial score (nSPS) is 27.6. The number of ketones is 1. The van der Waals surface area contributed by atoms with Gasteiger partial charge >= 0.3 is 13.8 Å². The van der Waals surface area contributed by atoms with Crippen LogP contribution in [0.4, 0.5) is 0 Å². The van der Waals surface area contributed by atoms with E-state index in [-0.39, 0.29) is 92.0 Å². The van der Waals surface area contributed by atoms with E-state index in [0.29, 0.717) is 56.0 Å². The van der Waals surface area contributed by atoms with Crippen molar-refractivity contribution >= 4 is 35.6 Å². The number of rotatable bonds is 48. The SMILES string of the molecule is CCCCCCCC/C=C\CCCCCCCC(=O)O[C@@H](CO[C@@H]1CC[C@@]2(C)C(CC(O)C3C2C[C@H](O)[C@@]2(C)C3CC[C@@H]2[C@H](C)CCC(=O)NCCS(=O)(=O)O)C1)C(OP(=O)(O)OCC[N+](C)(C)C)C(=O)CCCCCCCCCCCCCCC. The van der Waals surface area contributed by atoms with E-state index in [1.165, 1.54) is 89.9 Å². The van der Waals surface area contributed by atoms with E-state index < -0.39 is 65.3 Å². The van der Waals surface area contributed by atoms with Crippen molar-refractivity contribution in [1.82, 2.24) is 5.32 Å². The van der Waals surface area contributed by atoms with Crippen LogP contribution >= 0.6 is 7.82 Å². The Balaban J connectivity index is 1.43. The number of phosphoric ester groups is 1. The number of unbranched alkanes of at least 4 members (excludes halogenated alkanes) is 23. The molecule has 0 heterocycles. The van der Waals surface area contributed by atoms with Crippen molar-refractivity contribution in [3.63, 3.8) is 0 Å². The number of likely N-dealkylation sites (N-methyl/N-ethyl adjacent to an activating group) is 1. The number of aliphatic hydroxyl groups is 2. The van der Waals surface area contributed by atoms with Gasteiger partial charge < -0.3 is 34.4 Å². The number of hydrogen-bond acceptors (Lipinski definition) is 12. The van der Waals surface area contributed by atoms with Gasteiger partial charge in [0.25, 0.3) is 10.1 Å². The van der Waals surface area contributed by atoms with Gasteiger partial charge in [-0.05, 0) is 136 Å². The Bertz CT molecular complexity index is 2130. The zero-order valence-corrected chi connectivity index (χ0v) is 57.1. The summed E-state index contributed by atoms with van der Waals surface area (Å²) in [6, 6.07) is 0. The smallest absolute Gasteiger partial charge is 0.457 e. The third-order valence-electron chi connectivity index (χ3n) is 20.9. The zero-order valence-electron chi connectivity index (χ0n) is 55.4. The number of aliphatic hydroxyl groups excluding tert-OH is 2. The Morgan fingerprint density at radius 1 is 0.721 bits per heavy atom. The highest BCUT2D eigenvalue weighted by atomic mass is 32.2. The summed E-state index contributed by atoms with van der Waals surface area (Å²) in [6.45, 7) is 11.0. The molecule has 0 radical (unpaired) electrons. The molecule has 14 atom stereocenters. The molecule has 502 valence electrons. The highest BCUT2D eigenvalue weighted by molar-refractivity contribution is 7.85. The first-order chi connectivity index (χ1) is 40.8. The van der Waals surface area contributed by atoms with Crippen LogP contribution in [0, 0.1) is 46.3 Å². The van der Waals surface area contributed by atoms with E-state index in [9.17, 15) is 42.5 Å². The van der Waals surface area contributed by atoms with Crippen LogP contribution in [-0.2, 0) is 47.6 Å². The average molecular weight is 1260 g/mol.